The summed E-state index contributed by atoms with van der Waals surface area (Å²) in [6.07, 6.45) is 4.15. The summed E-state index contributed by atoms with van der Waals surface area (Å²) < 4.78 is 0. The first-order valence-corrected chi connectivity index (χ1v) is 9.18. The van der Waals surface area contributed by atoms with Gasteiger partial charge < -0.3 is 5.32 Å². The van der Waals surface area contributed by atoms with Gasteiger partial charge >= 0.3 is 6.03 Å². The van der Waals surface area contributed by atoms with Gasteiger partial charge in [0, 0.05) is 24.4 Å². The number of nitrogens with zero attached hydrogens (tertiary/aromatic N) is 2. The normalized spacial score (nSPS) is 28.7. The summed E-state index contributed by atoms with van der Waals surface area (Å²) in [7, 11) is 0. The summed E-state index contributed by atoms with van der Waals surface area (Å²) >= 11 is 1.73. The predicted molar refractivity (Wildman–Crippen MR) is 89.2 cm³/mol. The van der Waals surface area contributed by atoms with Crippen molar-refractivity contribution in [2.45, 2.75) is 51.6 Å². The van der Waals surface area contributed by atoms with Crippen LogP contribution in [0.15, 0.2) is 5.38 Å². The third-order valence-electron chi connectivity index (χ3n) is 4.84. The highest BCUT2D eigenvalue weighted by molar-refractivity contribution is 7.09. The van der Waals surface area contributed by atoms with E-state index in [0.29, 0.717) is 0 Å². The van der Waals surface area contributed by atoms with Gasteiger partial charge in [0.05, 0.1) is 10.7 Å². The van der Waals surface area contributed by atoms with Gasteiger partial charge in [-0.3, -0.25) is 15.0 Å². The first kappa shape index (κ1) is 16.4. The summed E-state index contributed by atoms with van der Waals surface area (Å²) in [5.41, 5.74) is 0.328. The summed E-state index contributed by atoms with van der Waals surface area (Å²) in [4.78, 5) is 30.6. The first-order chi connectivity index (χ1) is 11.0. The molecule has 1 aromatic heterocycles. The van der Waals surface area contributed by atoms with Crippen molar-refractivity contribution in [1.82, 2.24) is 20.5 Å². The number of imide groups is 1. The van der Waals surface area contributed by atoms with E-state index in [0.717, 1.165) is 51.0 Å². The fourth-order valence-electron chi connectivity index (χ4n) is 3.49. The molecule has 23 heavy (non-hydrogen) atoms. The Kier molecular flexibility index (Phi) is 4.68. The molecule has 0 bridgehead atoms. The number of carbonyl (C=O) groups excluding carboxylic acids is 2. The van der Waals surface area contributed by atoms with Crippen LogP contribution < -0.4 is 10.6 Å². The number of hydrogen-bond donors (Lipinski definition) is 2. The minimum Gasteiger partial charge on any atom is -0.323 e. The molecule has 7 heteroatoms. The zero-order chi connectivity index (χ0) is 16.4. The van der Waals surface area contributed by atoms with Crippen LogP contribution in [0.1, 0.15) is 43.8 Å². The second-order valence-corrected chi connectivity index (χ2v) is 7.61. The molecule has 6 nitrogen and oxygen atoms in total. The molecule has 3 amide bonds. The Balaban J connectivity index is 1.64. The zero-order valence-electron chi connectivity index (χ0n) is 13.7. The van der Waals surface area contributed by atoms with E-state index in [1.807, 2.05) is 6.92 Å². The molecule has 126 valence electrons. The number of piperidine rings is 1. The standard InChI is InChI=1S/C16H24N4O2S/c1-3-5-13-17-12(10-23-13)9-20-7-4-6-11(8-20)16(2)14(21)18-15(22)19-16/h10-11H,3-9H2,1-2H3,(H2,18,19,21,22)/t11-,16-/m0/s1. The van der Waals surface area contributed by atoms with Gasteiger partial charge in [-0.1, -0.05) is 6.92 Å². The van der Waals surface area contributed by atoms with Crippen molar-refractivity contribution in [2.24, 2.45) is 5.92 Å². The maximum absolute atomic E-state index is 12.1. The number of nitrogens with one attached hydrogen (secondary N) is 2. The maximum Gasteiger partial charge on any atom is 0.322 e. The van der Waals surface area contributed by atoms with Crippen molar-refractivity contribution in [1.29, 1.82) is 0 Å². The van der Waals surface area contributed by atoms with Crippen molar-refractivity contribution in [2.75, 3.05) is 13.1 Å². The number of hydrogen-bond acceptors (Lipinski definition) is 5. The largest absolute Gasteiger partial charge is 0.323 e. The molecule has 0 radical (unpaired) electrons. The van der Waals surface area contributed by atoms with E-state index < -0.39 is 5.54 Å². The van der Waals surface area contributed by atoms with Crippen LogP contribution in [-0.4, -0.2) is 40.5 Å². The molecule has 0 aliphatic carbocycles. The van der Waals surface area contributed by atoms with Gasteiger partial charge in [0.1, 0.15) is 5.54 Å². The van der Waals surface area contributed by atoms with Gasteiger partial charge in [-0.2, -0.15) is 0 Å². The Bertz CT molecular complexity index is 603. The molecule has 2 aliphatic heterocycles. The highest BCUT2D eigenvalue weighted by atomic mass is 32.1. The van der Waals surface area contributed by atoms with Crippen LogP contribution in [0, 0.1) is 5.92 Å². The van der Waals surface area contributed by atoms with Crippen LogP contribution in [0.25, 0.3) is 0 Å². The lowest BCUT2D eigenvalue weighted by atomic mass is 9.80. The van der Waals surface area contributed by atoms with Crippen molar-refractivity contribution in [3.63, 3.8) is 0 Å². The molecular weight excluding hydrogens is 312 g/mol. The zero-order valence-corrected chi connectivity index (χ0v) is 14.5. The van der Waals surface area contributed by atoms with Gasteiger partial charge in [-0.25, -0.2) is 9.78 Å². The minimum atomic E-state index is -0.787. The lowest BCUT2D eigenvalue weighted by Gasteiger charge is -2.39. The smallest absolute Gasteiger partial charge is 0.322 e. The number of amides is 3. The number of thiazole rings is 1. The number of aromatic nitrogens is 1. The Morgan fingerprint density at radius 3 is 3.00 bits per heavy atom. The van der Waals surface area contributed by atoms with Gasteiger partial charge in [-0.05, 0) is 39.2 Å². The summed E-state index contributed by atoms with van der Waals surface area (Å²) in [5, 5.41) is 8.52. The van der Waals surface area contributed by atoms with Gasteiger partial charge in [0.25, 0.3) is 5.91 Å². The first-order valence-electron chi connectivity index (χ1n) is 8.30. The molecule has 2 aliphatic rings. The fraction of sp³-hybridized carbons (Fsp3) is 0.688. The van der Waals surface area contributed by atoms with Gasteiger partial charge in [0.15, 0.2) is 0 Å². The van der Waals surface area contributed by atoms with E-state index in [2.05, 4.69) is 32.8 Å². The van der Waals surface area contributed by atoms with Crippen LogP contribution in [0.2, 0.25) is 0 Å². The highest BCUT2D eigenvalue weighted by Crippen LogP contribution is 2.30. The molecule has 0 unspecified atom stereocenters. The van der Waals surface area contributed by atoms with Crippen LogP contribution in [-0.2, 0) is 17.8 Å². The SMILES string of the molecule is CCCc1nc(CN2CCC[C@H]([C@]3(C)NC(=O)NC3=O)C2)cs1. The molecule has 0 aromatic carbocycles. The molecule has 0 spiro atoms. The molecule has 3 rings (SSSR count). The van der Waals surface area contributed by atoms with Crippen molar-refractivity contribution >= 4 is 23.3 Å². The van der Waals surface area contributed by atoms with E-state index >= 15 is 0 Å². The van der Waals surface area contributed by atoms with Crippen LogP contribution in [0.4, 0.5) is 4.79 Å². The van der Waals surface area contributed by atoms with Gasteiger partial charge in [0.2, 0.25) is 0 Å². The number of carbonyl (C=O) groups is 2. The van der Waals surface area contributed by atoms with E-state index in [4.69, 9.17) is 0 Å². The summed E-state index contributed by atoms with van der Waals surface area (Å²) in [5.74, 6) is -0.0651. The molecule has 0 saturated carbocycles. The Morgan fingerprint density at radius 1 is 1.48 bits per heavy atom. The Hall–Kier alpha value is -1.47. The third-order valence-corrected chi connectivity index (χ3v) is 5.80. The number of aryl methyl sites for hydroxylation is 1. The topological polar surface area (TPSA) is 74.3 Å². The lowest BCUT2D eigenvalue weighted by Crippen LogP contribution is -2.55. The predicted octanol–water partition coefficient (Wildman–Crippen LogP) is 1.91. The van der Waals surface area contributed by atoms with Crippen LogP contribution in [0.3, 0.4) is 0 Å². The van der Waals surface area contributed by atoms with Crippen molar-refractivity contribution in [3.05, 3.63) is 16.1 Å². The molecular formula is C16H24N4O2S. The highest BCUT2D eigenvalue weighted by Gasteiger charge is 2.48. The molecule has 3 heterocycles. The second kappa shape index (κ2) is 6.57. The number of rotatable bonds is 5. The van der Waals surface area contributed by atoms with Crippen LogP contribution >= 0.6 is 11.3 Å². The fourth-order valence-corrected chi connectivity index (χ4v) is 4.39. The summed E-state index contributed by atoms with van der Waals surface area (Å²) in [6, 6.07) is -0.377. The Morgan fingerprint density at radius 2 is 2.30 bits per heavy atom. The summed E-state index contributed by atoms with van der Waals surface area (Å²) in [6.45, 7) is 6.65. The van der Waals surface area contributed by atoms with Gasteiger partial charge in [-0.15, -0.1) is 11.3 Å². The molecule has 2 saturated heterocycles. The molecule has 1 aromatic rings. The van der Waals surface area contributed by atoms with E-state index in [1.165, 1.54) is 5.01 Å². The average molecular weight is 336 g/mol. The average Bonchev–Trinajstić information content (AvgIpc) is 3.05. The molecule has 2 atom stereocenters. The quantitative estimate of drug-likeness (QED) is 0.806. The Labute approximate surface area is 140 Å². The minimum absolute atomic E-state index is 0.136. The van der Waals surface area contributed by atoms with E-state index in [-0.39, 0.29) is 17.9 Å². The van der Waals surface area contributed by atoms with E-state index in [9.17, 15) is 9.59 Å². The second-order valence-electron chi connectivity index (χ2n) is 6.67. The molecule has 2 N–H and O–H groups in total. The van der Waals surface area contributed by atoms with Crippen molar-refractivity contribution in [3.8, 4) is 0 Å². The van der Waals surface area contributed by atoms with E-state index in [1.54, 1.807) is 11.3 Å². The molecule has 2 fully saturated rings. The maximum atomic E-state index is 12.1. The monoisotopic (exact) mass is 336 g/mol. The third kappa shape index (κ3) is 3.40. The number of urea groups is 1. The van der Waals surface area contributed by atoms with Crippen LogP contribution in [0.5, 0.6) is 0 Å². The van der Waals surface area contributed by atoms with Crippen molar-refractivity contribution < 1.29 is 9.59 Å². The lowest BCUT2D eigenvalue weighted by molar-refractivity contribution is -0.126. The number of likely N-dealkylation sites (tertiary alicyclic amines) is 1.